The van der Waals surface area contributed by atoms with Gasteiger partial charge >= 0.3 is 0 Å². The van der Waals surface area contributed by atoms with Gasteiger partial charge in [-0.25, -0.2) is 4.98 Å². The quantitative estimate of drug-likeness (QED) is 0.247. The summed E-state index contributed by atoms with van der Waals surface area (Å²) in [5.74, 6) is -0.362. The molecule has 4 aromatic rings. The predicted octanol–water partition coefficient (Wildman–Crippen LogP) is 5.00. The lowest BCUT2D eigenvalue weighted by Crippen LogP contribution is -2.23. The van der Waals surface area contributed by atoms with Crippen molar-refractivity contribution in [2.45, 2.75) is 25.9 Å². The number of thiophene rings is 1. The number of aryl methyl sites for hydroxylation is 2. The van der Waals surface area contributed by atoms with Crippen molar-refractivity contribution in [3.8, 4) is 5.69 Å². The van der Waals surface area contributed by atoms with Gasteiger partial charge in [-0.05, 0) is 50.6 Å². The lowest BCUT2D eigenvalue weighted by atomic mass is 10.1. The highest BCUT2D eigenvalue weighted by Crippen LogP contribution is 2.29. The Bertz CT molecular complexity index is 1390. The summed E-state index contributed by atoms with van der Waals surface area (Å²) in [7, 11) is 0. The monoisotopic (exact) mass is 463 g/mol. The molecule has 0 saturated carbocycles. The summed E-state index contributed by atoms with van der Waals surface area (Å²) >= 11 is 2.67. The Balaban J connectivity index is 1.68. The lowest BCUT2D eigenvalue weighted by Gasteiger charge is -2.13. The van der Waals surface area contributed by atoms with E-state index in [0.717, 1.165) is 10.4 Å². The number of nitrogens with zero attached hydrogens (tertiary/aromatic N) is 2. The van der Waals surface area contributed by atoms with Crippen molar-refractivity contribution in [3.05, 3.63) is 81.0 Å². The average Bonchev–Trinajstić information content (AvgIpc) is 3.06. The van der Waals surface area contributed by atoms with Crippen LogP contribution in [0.25, 0.3) is 15.9 Å². The summed E-state index contributed by atoms with van der Waals surface area (Å²) in [4.78, 5) is 44.3. The minimum Gasteiger partial charge on any atom is -0.325 e. The molecule has 0 unspecified atom stereocenters. The maximum atomic E-state index is 13.4. The SMILES string of the molecule is CC(=O)c1ccccc1NC(=O)CSc1nc2sc(C)c(C)c2c(=O)n1-c1ccccc1. The van der Waals surface area contributed by atoms with Crippen molar-refractivity contribution in [1.29, 1.82) is 0 Å². The zero-order valence-corrected chi connectivity index (χ0v) is 19.5. The van der Waals surface area contributed by atoms with Gasteiger partial charge in [-0.2, -0.15) is 0 Å². The van der Waals surface area contributed by atoms with E-state index >= 15 is 0 Å². The van der Waals surface area contributed by atoms with E-state index in [4.69, 9.17) is 4.98 Å². The third kappa shape index (κ3) is 4.24. The largest absolute Gasteiger partial charge is 0.325 e. The van der Waals surface area contributed by atoms with Crippen LogP contribution in [0.15, 0.2) is 64.5 Å². The third-order valence-corrected chi connectivity index (χ3v) is 7.14. The van der Waals surface area contributed by atoms with Crippen LogP contribution in [0.1, 0.15) is 27.7 Å². The second kappa shape index (κ2) is 9.10. The number of para-hydroxylation sites is 2. The number of hydrogen-bond donors (Lipinski definition) is 1. The van der Waals surface area contributed by atoms with Crippen molar-refractivity contribution in [1.82, 2.24) is 9.55 Å². The maximum absolute atomic E-state index is 13.4. The molecule has 0 fully saturated rings. The Morgan fingerprint density at radius 3 is 2.47 bits per heavy atom. The molecular formula is C24H21N3O3S2. The molecule has 1 N–H and O–H groups in total. The van der Waals surface area contributed by atoms with Gasteiger partial charge in [0.1, 0.15) is 4.83 Å². The zero-order valence-electron chi connectivity index (χ0n) is 17.8. The van der Waals surface area contributed by atoms with E-state index in [0.29, 0.717) is 32.3 Å². The molecular weight excluding hydrogens is 442 g/mol. The van der Waals surface area contributed by atoms with E-state index in [1.807, 2.05) is 44.2 Å². The Hall–Kier alpha value is -3.23. The Kier molecular flexibility index (Phi) is 6.25. The highest BCUT2D eigenvalue weighted by Gasteiger charge is 2.19. The first-order valence-corrected chi connectivity index (χ1v) is 11.8. The molecule has 4 rings (SSSR count). The number of aromatic nitrogens is 2. The van der Waals surface area contributed by atoms with Crippen molar-refractivity contribution in [3.63, 3.8) is 0 Å². The number of ketones is 1. The van der Waals surface area contributed by atoms with Gasteiger partial charge < -0.3 is 5.32 Å². The smallest absolute Gasteiger partial charge is 0.267 e. The van der Waals surface area contributed by atoms with E-state index in [1.165, 1.54) is 30.0 Å². The van der Waals surface area contributed by atoms with Gasteiger partial charge in [0.2, 0.25) is 5.91 Å². The number of Topliss-reactive ketones (excluding diaryl/α,β-unsaturated/α-hetero) is 1. The maximum Gasteiger partial charge on any atom is 0.267 e. The molecule has 0 radical (unpaired) electrons. The highest BCUT2D eigenvalue weighted by molar-refractivity contribution is 7.99. The van der Waals surface area contributed by atoms with Gasteiger partial charge in [0, 0.05) is 10.4 Å². The molecule has 0 bridgehead atoms. The van der Waals surface area contributed by atoms with Crippen molar-refractivity contribution in [2.24, 2.45) is 0 Å². The molecule has 162 valence electrons. The summed E-state index contributed by atoms with van der Waals surface area (Å²) in [5, 5.41) is 3.85. The lowest BCUT2D eigenvalue weighted by molar-refractivity contribution is -0.113. The number of hydrogen-bond acceptors (Lipinski definition) is 6. The van der Waals surface area contributed by atoms with E-state index in [9.17, 15) is 14.4 Å². The van der Waals surface area contributed by atoms with Crippen LogP contribution < -0.4 is 10.9 Å². The second-order valence-electron chi connectivity index (χ2n) is 7.27. The number of fused-ring (bicyclic) bond motifs is 1. The summed E-state index contributed by atoms with van der Waals surface area (Å²) in [6, 6.07) is 16.2. The van der Waals surface area contributed by atoms with Crippen LogP contribution in [0.5, 0.6) is 0 Å². The average molecular weight is 464 g/mol. The minimum atomic E-state index is -0.281. The van der Waals surface area contributed by atoms with Gasteiger partial charge in [0.05, 0.1) is 22.5 Å². The Morgan fingerprint density at radius 2 is 1.75 bits per heavy atom. The van der Waals surface area contributed by atoms with Gasteiger partial charge in [0.15, 0.2) is 10.9 Å². The number of rotatable bonds is 6. The standard InChI is InChI=1S/C24H21N3O3S2/c1-14-16(3)32-22-21(14)23(30)27(17-9-5-4-6-10-17)24(26-22)31-13-20(29)25-19-12-8-7-11-18(19)15(2)28/h4-12H,13H2,1-3H3,(H,25,29). The van der Waals surface area contributed by atoms with E-state index in [-0.39, 0.29) is 23.0 Å². The Morgan fingerprint density at radius 1 is 1.06 bits per heavy atom. The van der Waals surface area contributed by atoms with Gasteiger partial charge in [-0.3, -0.25) is 19.0 Å². The normalized spacial score (nSPS) is 11.0. The van der Waals surface area contributed by atoms with E-state index in [1.54, 1.807) is 28.8 Å². The topological polar surface area (TPSA) is 81.1 Å². The van der Waals surface area contributed by atoms with Gasteiger partial charge in [-0.15, -0.1) is 11.3 Å². The van der Waals surface area contributed by atoms with Crippen LogP contribution in [0.3, 0.4) is 0 Å². The number of nitrogens with one attached hydrogen (secondary N) is 1. The van der Waals surface area contributed by atoms with Crippen molar-refractivity contribution in [2.75, 3.05) is 11.1 Å². The summed E-state index contributed by atoms with van der Waals surface area (Å²) in [6.45, 7) is 5.36. The third-order valence-electron chi connectivity index (χ3n) is 5.10. The number of thioether (sulfide) groups is 1. The molecule has 0 aliphatic rings. The van der Waals surface area contributed by atoms with Crippen molar-refractivity contribution >= 4 is 50.7 Å². The van der Waals surface area contributed by atoms with Gasteiger partial charge in [-0.1, -0.05) is 42.1 Å². The summed E-state index contributed by atoms with van der Waals surface area (Å²) in [5.41, 5.74) is 2.41. The minimum absolute atomic E-state index is 0.0420. The fraction of sp³-hybridized carbons (Fsp3) is 0.167. The summed E-state index contributed by atoms with van der Waals surface area (Å²) < 4.78 is 1.56. The molecule has 0 spiro atoms. The van der Waals surface area contributed by atoms with Crippen LogP contribution in [-0.2, 0) is 4.79 Å². The summed E-state index contributed by atoms with van der Waals surface area (Å²) in [6.07, 6.45) is 0. The molecule has 1 amide bonds. The van der Waals surface area contributed by atoms with Crippen LogP contribution in [-0.4, -0.2) is 27.0 Å². The highest BCUT2D eigenvalue weighted by atomic mass is 32.2. The number of carbonyl (C=O) groups is 2. The van der Waals surface area contributed by atoms with Crippen LogP contribution in [0, 0.1) is 13.8 Å². The molecule has 0 saturated heterocycles. The number of carbonyl (C=O) groups excluding carboxylic acids is 2. The fourth-order valence-corrected chi connectivity index (χ4v) is 5.28. The van der Waals surface area contributed by atoms with Crippen LogP contribution >= 0.6 is 23.1 Å². The molecule has 2 aromatic heterocycles. The molecule has 0 atom stereocenters. The molecule has 0 aliphatic carbocycles. The fourth-order valence-electron chi connectivity index (χ4n) is 3.39. The first kappa shape index (κ1) is 22.0. The molecule has 32 heavy (non-hydrogen) atoms. The van der Waals surface area contributed by atoms with Crippen LogP contribution in [0.2, 0.25) is 0 Å². The number of anilines is 1. The first-order chi connectivity index (χ1) is 15.4. The van der Waals surface area contributed by atoms with E-state index in [2.05, 4.69) is 5.32 Å². The number of benzene rings is 2. The molecule has 6 nitrogen and oxygen atoms in total. The van der Waals surface area contributed by atoms with E-state index < -0.39 is 0 Å². The van der Waals surface area contributed by atoms with Crippen LogP contribution in [0.4, 0.5) is 5.69 Å². The predicted molar refractivity (Wildman–Crippen MR) is 130 cm³/mol. The zero-order chi connectivity index (χ0) is 22.8. The van der Waals surface area contributed by atoms with Gasteiger partial charge in [0.25, 0.3) is 5.56 Å². The molecule has 8 heteroatoms. The number of amides is 1. The van der Waals surface area contributed by atoms with Crippen molar-refractivity contribution < 1.29 is 9.59 Å². The second-order valence-corrected chi connectivity index (χ2v) is 9.42. The first-order valence-electron chi connectivity index (χ1n) is 9.97. The molecule has 2 aromatic carbocycles. The molecule has 2 heterocycles. The Labute approximate surface area is 193 Å². The molecule has 0 aliphatic heterocycles.